The summed E-state index contributed by atoms with van der Waals surface area (Å²) in [7, 11) is 3.50. The Balaban J connectivity index is 2.17. The van der Waals surface area contributed by atoms with E-state index in [2.05, 4.69) is 0 Å². The molecule has 0 N–H and O–H groups in total. The first-order valence-corrected chi connectivity index (χ1v) is 10.3. The van der Waals surface area contributed by atoms with Crippen LogP contribution in [0.2, 0.25) is 0 Å². The minimum atomic E-state index is -0.510. The van der Waals surface area contributed by atoms with Crippen LogP contribution in [0.1, 0.15) is 35.8 Å². The van der Waals surface area contributed by atoms with Crippen molar-refractivity contribution in [3.8, 4) is 0 Å². The molecule has 2 rings (SSSR count). The van der Waals surface area contributed by atoms with Crippen molar-refractivity contribution >= 4 is 17.5 Å². The van der Waals surface area contributed by atoms with Gasteiger partial charge in [-0.1, -0.05) is 13.3 Å². The minimum absolute atomic E-state index is 0.0655. The number of nitro groups is 1. The summed E-state index contributed by atoms with van der Waals surface area (Å²) in [4.78, 5) is 39.7. The number of carbonyl (C=O) groups excluding carboxylic acids is 2. The average molecular weight is 431 g/mol. The molecule has 31 heavy (non-hydrogen) atoms. The van der Waals surface area contributed by atoms with Gasteiger partial charge in [-0.15, -0.1) is 0 Å². The van der Waals surface area contributed by atoms with Crippen molar-refractivity contribution < 1.29 is 19.2 Å². The number of aryl methyl sites for hydroxylation is 1. The van der Waals surface area contributed by atoms with E-state index in [1.165, 1.54) is 29.2 Å². The second kappa shape index (κ2) is 11.8. The third-order valence-corrected chi connectivity index (χ3v) is 5.04. The number of aromatic nitrogens is 1. The fourth-order valence-electron chi connectivity index (χ4n) is 3.12. The lowest BCUT2D eigenvalue weighted by molar-refractivity contribution is -0.384. The Morgan fingerprint density at radius 1 is 1.13 bits per heavy atom. The van der Waals surface area contributed by atoms with Crippen molar-refractivity contribution in [1.29, 1.82) is 0 Å². The number of carbonyl (C=O) groups is 2. The Kier molecular flexibility index (Phi) is 9.20. The van der Waals surface area contributed by atoms with E-state index in [0.717, 1.165) is 18.5 Å². The van der Waals surface area contributed by atoms with E-state index in [1.807, 2.05) is 36.9 Å². The predicted octanol–water partition coefficient (Wildman–Crippen LogP) is 2.85. The van der Waals surface area contributed by atoms with E-state index < -0.39 is 4.92 Å². The Hall–Kier alpha value is -3.20. The molecule has 1 aromatic carbocycles. The Bertz CT molecular complexity index is 878. The zero-order valence-electron chi connectivity index (χ0n) is 18.3. The predicted molar refractivity (Wildman–Crippen MR) is 117 cm³/mol. The SMILES string of the molecule is CCCCN(CC(=O)N(CCOC)Cc1cccn1C)C(=O)c1ccc([N+](=O)[O-])cc1. The van der Waals surface area contributed by atoms with Gasteiger partial charge in [0.15, 0.2) is 0 Å². The van der Waals surface area contributed by atoms with Gasteiger partial charge in [0.25, 0.3) is 11.6 Å². The highest BCUT2D eigenvalue weighted by Crippen LogP contribution is 2.15. The fourth-order valence-corrected chi connectivity index (χ4v) is 3.12. The van der Waals surface area contributed by atoms with Gasteiger partial charge >= 0.3 is 0 Å². The van der Waals surface area contributed by atoms with Crippen molar-refractivity contribution in [2.24, 2.45) is 7.05 Å². The molecule has 2 amide bonds. The monoisotopic (exact) mass is 430 g/mol. The first-order chi connectivity index (χ1) is 14.9. The molecule has 0 aliphatic carbocycles. The molecule has 0 fully saturated rings. The molecule has 1 heterocycles. The smallest absolute Gasteiger partial charge is 0.269 e. The molecule has 0 atom stereocenters. The molecule has 9 heteroatoms. The second-order valence-corrected chi connectivity index (χ2v) is 7.30. The first-order valence-electron chi connectivity index (χ1n) is 10.3. The maximum atomic E-state index is 13.1. The van der Waals surface area contributed by atoms with Crippen LogP contribution >= 0.6 is 0 Å². The Morgan fingerprint density at radius 2 is 1.84 bits per heavy atom. The van der Waals surface area contributed by atoms with Crippen LogP contribution < -0.4 is 0 Å². The number of rotatable bonds is 12. The molecule has 0 aliphatic rings. The third-order valence-electron chi connectivity index (χ3n) is 5.04. The average Bonchev–Trinajstić information content (AvgIpc) is 3.17. The minimum Gasteiger partial charge on any atom is -0.383 e. The van der Waals surface area contributed by atoms with E-state index in [0.29, 0.717) is 31.8 Å². The fraction of sp³-hybridized carbons (Fsp3) is 0.455. The Labute approximate surface area is 182 Å². The molecule has 9 nitrogen and oxygen atoms in total. The van der Waals surface area contributed by atoms with Gasteiger partial charge in [0.2, 0.25) is 5.91 Å². The quantitative estimate of drug-likeness (QED) is 0.381. The summed E-state index contributed by atoms with van der Waals surface area (Å²) in [5.41, 5.74) is 1.22. The lowest BCUT2D eigenvalue weighted by atomic mass is 10.1. The van der Waals surface area contributed by atoms with Gasteiger partial charge in [-0.2, -0.15) is 0 Å². The summed E-state index contributed by atoms with van der Waals surface area (Å²) >= 11 is 0. The van der Waals surface area contributed by atoms with Crippen LogP contribution in [-0.4, -0.2) is 64.5 Å². The molecule has 1 aromatic heterocycles. The summed E-state index contributed by atoms with van der Waals surface area (Å²) in [6, 6.07) is 9.32. The topological polar surface area (TPSA) is 97.9 Å². The number of unbranched alkanes of at least 4 members (excludes halogenated alkanes) is 1. The number of non-ortho nitro benzene ring substituents is 1. The number of nitro benzene ring substituents is 1. The molecule has 168 valence electrons. The Morgan fingerprint density at radius 3 is 2.39 bits per heavy atom. The molecule has 0 unspecified atom stereocenters. The van der Waals surface area contributed by atoms with Crippen LogP contribution in [0, 0.1) is 10.1 Å². The molecule has 0 saturated heterocycles. The van der Waals surface area contributed by atoms with E-state index in [4.69, 9.17) is 4.74 Å². The number of nitrogens with zero attached hydrogens (tertiary/aromatic N) is 4. The number of amides is 2. The van der Waals surface area contributed by atoms with E-state index in [9.17, 15) is 19.7 Å². The zero-order chi connectivity index (χ0) is 22.8. The molecular weight excluding hydrogens is 400 g/mol. The molecular formula is C22H30N4O5. The molecule has 0 bridgehead atoms. The summed E-state index contributed by atoms with van der Waals surface area (Å²) < 4.78 is 7.10. The number of benzene rings is 1. The second-order valence-electron chi connectivity index (χ2n) is 7.30. The van der Waals surface area contributed by atoms with Gasteiger partial charge in [0, 0.05) is 56.8 Å². The van der Waals surface area contributed by atoms with Crippen LogP contribution in [0.3, 0.4) is 0 Å². The van der Waals surface area contributed by atoms with Gasteiger partial charge in [-0.3, -0.25) is 19.7 Å². The van der Waals surface area contributed by atoms with Gasteiger partial charge in [-0.05, 0) is 30.7 Å². The van der Waals surface area contributed by atoms with E-state index >= 15 is 0 Å². The number of hydrogen-bond donors (Lipinski definition) is 0. The number of hydrogen-bond acceptors (Lipinski definition) is 5. The van der Waals surface area contributed by atoms with E-state index in [-0.39, 0.29) is 24.0 Å². The molecule has 0 saturated carbocycles. The molecule has 0 spiro atoms. The van der Waals surface area contributed by atoms with Crippen LogP contribution in [0.5, 0.6) is 0 Å². The van der Waals surface area contributed by atoms with Crippen LogP contribution in [0.4, 0.5) is 5.69 Å². The lowest BCUT2D eigenvalue weighted by Crippen LogP contribution is -2.44. The molecule has 0 radical (unpaired) electrons. The highest BCUT2D eigenvalue weighted by atomic mass is 16.6. The summed E-state index contributed by atoms with van der Waals surface area (Å²) in [6.07, 6.45) is 3.54. The van der Waals surface area contributed by atoms with Gasteiger partial charge < -0.3 is 19.1 Å². The number of ether oxygens (including phenoxy) is 1. The first kappa shape index (κ1) is 24.1. The largest absolute Gasteiger partial charge is 0.383 e. The van der Waals surface area contributed by atoms with Crippen LogP contribution in [-0.2, 0) is 23.1 Å². The maximum absolute atomic E-state index is 13.1. The maximum Gasteiger partial charge on any atom is 0.269 e. The summed E-state index contributed by atoms with van der Waals surface area (Å²) in [6.45, 7) is 3.59. The molecule has 2 aromatic rings. The van der Waals surface area contributed by atoms with Crippen molar-refractivity contribution in [2.75, 3.05) is 33.4 Å². The van der Waals surface area contributed by atoms with Crippen LogP contribution in [0.15, 0.2) is 42.6 Å². The number of methoxy groups -OCH3 is 1. The van der Waals surface area contributed by atoms with Crippen molar-refractivity contribution in [3.05, 3.63) is 64.0 Å². The standard InChI is InChI=1S/C22H30N4O5/c1-4-5-13-25(22(28)18-8-10-19(11-9-18)26(29)30)17-21(27)24(14-15-31-3)16-20-7-6-12-23(20)2/h6-12H,4-5,13-17H2,1-3H3. The normalized spacial score (nSPS) is 10.7. The van der Waals surface area contributed by atoms with E-state index in [1.54, 1.807) is 12.0 Å². The molecule has 0 aliphatic heterocycles. The van der Waals surface area contributed by atoms with Gasteiger partial charge in [0.1, 0.15) is 6.54 Å². The van der Waals surface area contributed by atoms with Crippen molar-refractivity contribution in [2.45, 2.75) is 26.3 Å². The highest BCUT2D eigenvalue weighted by Gasteiger charge is 2.23. The van der Waals surface area contributed by atoms with Gasteiger partial charge in [-0.25, -0.2) is 0 Å². The van der Waals surface area contributed by atoms with Crippen LogP contribution in [0.25, 0.3) is 0 Å². The van der Waals surface area contributed by atoms with Gasteiger partial charge in [0.05, 0.1) is 18.1 Å². The van der Waals surface area contributed by atoms with Crippen molar-refractivity contribution in [1.82, 2.24) is 14.4 Å². The zero-order valence-corrected chi connectivity index (χ0v) is 18.3. The summed E-state index contributed by atoms with van der Waals surface area (Å²) in [5, 5.41) is 10.9. The highest BCUT2D eigenvalue weighted by molar-refractivity contribution is 5.96. The van der Waals surface area contributed by atoms with Crippen molar-refractivity contribution in [3.63, 3.8) is 0 Å². The summed E-state index contributed by atoms with van der Waals surface area (Å²) in [5.74, 6) is -0.494. The lowest BCUT2D eigenvalue weighted by Gasteiger charge is -2.28. The third kappa shape index (κ3) is 6.92.